The normalized spacial score (nSPS) is 13.6. The number of thiophene rings is 2. The average Bonchev–Trinajstić information content (AvgIpc) is 3.62. The first-order valence-corrected chi connectivity index (χ1v) is 17.7. The minimum absolute atomic E-state index is 0.0983. The quantitative estimate of drug-likeness (QED) is 0.167. The number of benzene rings is 7. The summed E-state index contributed by atoms with van der Waals surface area (Å²) < 4.78 is 11.9. The highest BCUT2D eigenvalue weighted by Crippen LogP contribution is 2.53. The van der Waals surface area contributed by atoms with E-state index in [0.717, 1.165) is 28.6 Å². The highest BCUT2D eigenvalue weighted by molar-refractivity contribution is 7.27. The van der Waals surface area contributed by atoms with Gasteiger partial charge in [-0.05, 0) is 93.7 Å². The molecule has 0 saturated heterocycles. The third kappa shape index (κ3) is 3.07. The Labute approximate surface area is 278 Å². The fraction of sp³-hybridized carbons (Fsp3) is 0. The Morgan fingerprint density at radius 1 is 0.447 bits per heavy atom. The van der Waals surface area contributed by atoms with E-state index >= 15 is 0 Å². The molecule has 0 atom stereocenters. The number of nitrogens with zero attached hydrogens (tertiary/aromatic N) is 1. The van der Waals surface area contributed by atoms with Crippen molar-refractivity contribution in [3.8, 4) is 33.8 Å². The Kier molecular flexibility index (Phi) is 4.60. The minimum Gasteiger partial charge on any atom is -0.453 e. The van der Waals surface area contributed by atoms with Crippen molar-refractivity contribution in [1.82, 2.24) is 0 Å². The van der Waals surface area contributed by atoms with Crippen LogP contribution in [0.2, 0.25) is 0 Å². The molecule has 12 rings (SSSR count). The van der Waals surface area contributed by atoms with Gasteiger partial charge >= 0.3 is 0 Å². The molecule has 3 aliphatic rings. The van der Waals surface area contributed by atoms with Crippen LogP contribution in [-0.4, -0.2) is 6.71 Å². The van der Waals surface area contributed by atoms with Crippen molar-refractivity contribution in [1.29, 1.82) is 0 Å². The molecule has 2 aromatic heterocycles. The van der Waals surface area contributed by atoms with Gasteiger partial charge in [-0.1, -0.05) is 89.2 Å². The van der Waals surface area contributed by atoms with Crippen LogP contribution in [0.5, 0.6) is 11.5 Å². The average molecular weight is 632 g/mol. The summed E-state index contributed by atoms with van der Waals surface area (Å²) >= 11 is 3.84. The van der Waals surface area contributed by atoms with Gasteiger partial charge in [0.15, 0.2) is 11.5 Å². The summed E-state index contributed by atoms with van der Waals surface area (Å²) in [4.78, 5) is 2.41. The van der Waals surface area contributed by atoms with Crippen molar-refractivity contribution in [3.05, 3.63) is 133 Å². The van der Waals surface area contributed by atoms with Crippen LogP contribution in [0.4, 0.5) is 17.1 Å². The van der Waals surface area contributed by atoms with E-state index in [1.807, 2.05) is 22.7 Å². The van der Waals surface area contributed by atoms with E-state index in [9.17, 15) is 0 Å². The molecule has 47 heavy (non-hydrogen) atoms. The topological polar surface area (TPSA) is 12.5 Å². The van der Waals surface area contributed by atoms with Crippen molar-refractivity contribution in [2.75, 3.05) is 4.90 Å². The molecule has 0 amide bonds. The van der Waals surface area contributed by atoms with Crippen LogP contribution in [0.3, 0.4) is 0 Å². The van der Waals surface area contributed by atoms with E-state index in [2.05, 4.69) is 138 Å². The zero-order valence-electron chi connectivity index (χ0n) is 25.0. The van der Waals surface area contributed by atoms with E-state index in [-0.39, 0.29) is 6.71 Å². The van der Waals surface area contributed by atoms with Crippen molar-refractivity contribution >= 4 is 103 Å². The Bertz CT molecular complexity index is 2680. The van der Waals surface area contributed by atoms with Gasteiger partial charge < -0.3 is 9.64 Å². The standard InChI is InChI=1S/C42H22BNOS2/c1-3-15-32-30(13-1)44(31-14-2-4-16-33(31)45-32)23-21-26-24-9-5-17-34-38(24)40-28(11-7-19-36(40)46-34)43-29-12-8-20-37-41(29)39-25(27(22-23)42(26)43)10-6-18-35(39)47-37/h1-22H. The number of hydrogen-bond donors (Lipinski definition) is 0. The maximum Gasteiger partial charge on any atom is 0.244 e. The number of rotatable bonds is 1. The van der Waals surface area contributed by atoms with Gasteiger partial charge in [-0.3, -0.25) is 0 Å². The highest BCUT2D eigenvalue weighted by atomic mass is 32.1. The summed E-state index contributed by atoms with van der Waals surface area (Å²) in [7, 11) is 0. The fourth-order valence-electron chi connectivity index (χ4n) is 8.70. The molecule has 2 nitrogen and oxygen atoms in total. The second kappa shape index (κ2) is 8.71. The zero-order chi connectivity index (χ0) is 30.4. The maximum atomic E-state index is 6.46. The highest BCUT2D eigenvalue weighted by Gasteiger charge is 2.38. The van der Waals surface area contributed by atoms with Crippen molar-refractivity contribution in [3.63, 3.8) is 0 Å². The van der Waals surface area contributed by atoms with Crippen LogP contribution in [0.25, 0.3) is 62.6 Å². The van der Waals surface area contributed by atoms with E-state index < -0.39 is 0 Å². The molecule has 0 radical (unpaired) electrons. The number of para-hydroxylation sites is 4. The zero-order valence-corrected chi connectivity index (χ0v) is 26.6. The molecule has 5 heteroatoms. The lowest BCUT2D eigenvalue weighted by Crippen LogP contribution is -2.53. The lowest BCUT2D eigenvalue weighted by Gasteiger charge is -2.34. The largest absolute Gasteiger partial charge is 0.453 e. The summed E-state index contributed by atoms with van der Waals surface area (Å²) in [6.45, 7) is 0.0983. The van der Waals surface area contributed by atoms with Crippen LogP contribution in [0.1, 0.15) is 0 Å². The molecule has 0 saturated carbocycles. The molecule has 3 aliphatic heterocycles. The monoisotopic (exact) mass is 631 g/mol. The summed E-state index contributed by atoms with van der Waals surface area (Å²) in [5, 5.41) is 5.59. The van der Waals surface area contributed by atoms with E-state index in [0.29, 0.717) is 0 Å². The summed E-state index contributed by atoms with van der Waals surface area (Å²) in [6, 6.07) is 49.5. The molecule has 7 aromatic carbocycles. The van der Waals surface area contributed by atoms with Crippen LogP contribution < -0.4 is 26.0 Å². The SMILES string of the molecule is c1ccc2c(c1)Oc1ccccc1N2c1cc2c3c(c1)-c1cccc4sc5cccc(c5c14)B3c1cccc3sc4cccc-2c4c13. The molecule has 0 N–H and O–H groups in total. The van der Waals surface area contributed by atoms with Gasteiger partial charge in [0.25, 0.3) is 0 Å². The van der Waals surface area contributed by atoms with Gasteiger partial charge in [-0.25, -0.2) is 0 Å². The van der Waals surface area contributed by atoms with Crippen LogP contribution in [-0.2, 0) is 0 Å². The third-order valence-corrected chi connectivity index (χ3v) is 12.7. The fourth-order valence-corrected chi connectivity index (χ4v) is 11.0. The molecule has 0 spiro atoms. The minimum atomic E-state index is 0.0983. The Morgan fingerprint density at radius 3 is 1.45 bits per heavy atom. The van der Waals surface area contributed by atoms with Gasteiger partial charge in [0.05, 0.1) is 11.4 Å². The predicted octanol–water partition coefficient (Wildman–Crippen LogP) is 10.5. The number of hydrogen-bond acceptors (Lipinski definition) is 4. The lowest BCUT2D eigenvalue weighted by atomic mass is 9.35. The van der Waals surface area contributed by atoms with E-state index in [1.165, 1.54) is 79.0 Å². The van der Waals surface area contributed by atoms with Gasteiger partial charge in [0.2, 0.25) is 6.71 Å². The Morgan fingerprint density at radius 2 is 0.915 bits per heavy atom. The first-order chi connectivity index (χ1) is 23.3. The number of ether oxygens (including phenoxy) is 1. The van der Waals surface area contributed by atoms with Crippen LogP contribution in [0.15, 0.2) is 133 Å². The van der Waals surface area contributed by atoms with E-state index in [4.69, 9.17) is 4.74 Å². The maximum absolute atomic E-state index is 6.46. The third-order valence-electron chi connectivity index (χ3n) is 10.5. The van der Waals surface area contributed by atoms with Crippen LogP contribution >= 0.6 is 22.7 Å². The van der Waals surface area contributed by atoms with Crippen LogP contribution in [0, 0.1) is 0 Å². The molecule has 0 fully saturated rings. The molecule has 216 valence electrons. The molecule has 0 aliphatic carbocycles. The summed E-state index contributed by atoms with van der Waals surface area (Å²) in [5.41, 5.74) is 12.7. The van der Waals surface area contributed by atoms with Crippen molar-refractivity contribution < 1.29 is 4.74 Å². The summed E-state index contributed by atoms with van der Waals surface area (Å²) in [5.74, 6) is 1.74. The van der Waals surface area contributed by atoms with Crippen molar-refractivity contribution in [2.45, 2.75) is 0 Å². The Hall–Kier alpha value is -5.36. The first kappa shape index (κ1) is 24.8. The second-order valence-corrected chi connectivity index (χ2v) is 14.9. The smallest absolute Gasteiger partial charge is 0.244 e. The van der Waals surface area contributed by atoms with Gasteiger partial charge in [0, 0.05) is 35.3 Å². The molecular weight excluding hydrogens is 609 g/mol. The van der Waals surface area contributed by atoms with Crippen molar-refractivity contribution in [2.24, 2.45) is 0 Å². The molecule has 0 unspecified atom stereocenters. The number of anilines is 3. The van der Waals surface area contributed by atoms with Gasteiger partial charge in [-0.2, -0.15) is 0 Å². The van der Waals surface area contributed by atoms with Gasteiger partial charge in [0.1, 0.15) is 0 Å². The molecule has 5 heterocycles. The summed E-state index contributed by atoms with van der Waals surface area (Å²) in [6.07, 6.45) is 0. The van der Waals surface area contributed by atoms with E-state index in [1.54, 1.807) is 0 Å². The second-order valence-electron chi connectivity index (χ2n) is 12.8. The Balaban J connectivity index is 1.31. The molecular formula is C42H22BNOS2. The number of fused-ring (bicyclic) bond motifs is 6. The first-order valence-electron chi connectivity index (χ1n) is 16.0. The predicted molar refractivity (Wildman–Crippen MR) is 203 cm³/mol. The molecule has 9 aromatic rings. The van der Waals surface area contributed by atoms with Gasteiger partial charge in [-0.15, -0.1) is 22.7 Å². The molecule has 0 bridgehead atoms. The lowest BCUT2D eigenvalue weighted by molar-refractivity contribution is 0.477.